The fourth-order valence-electron chi connectivity index (χ4n) is 2.21. The first-order valence-corrected chi connectivity index (χ1v) is 8.62. The molecule has 0 bridgehead atoms. The van der Waals surface area contributed by atoms with Crippen LogP contribution in [-0.2, 0) is 11.3 Å². The second-order valence-electron chi connectivity index (χ2n) is 6.06. The summed E-state index contributed by atoms with van der Waals surface area (Å²) in [5, 5.41) is 16.3. The molecular formula is C18H30IN3O3. The van der Waals surface area contributed by atoms with E-state index in [9.17, 15) is 5.11 Å². The van der Waals surface area contributed by atoms with Crippen LogP contribution in [0.25, 0.3) is 0 Å². The fraction of sp³-hybridized carbons (Fsp3) is 0.611. The van der Waals surface area contributed by atoms with Crippen molar-refractivity contribution >= 4 is 29.9 Å². The van der Waals surface area contributed by atoms with Crippen LogP contribution in [0.3, 0.4) is 0 Å². The lowest BCUT2D eigenvalue weighted by Crippen LogP contribution is -2.42. The maximum absolute atomic E-state index is 9.97. The highest BCUT2D eigenvalue weighted by Crippen LogP contribution is 2.28. The average Bonchev–Trinajstić information content (AvgIpc) is 3.42. The van der Waals surface area contributed by atoms with Crippen LogP contribution in [-0.4, -0.2) is 50.6 Å². The number of guanidine groups is 1. The molecule has 1 atom stereocenters. The predicted molar refractivity (Wildman–Crippen MR) is 111 cm³/mol. The molecule has 1 unspecified atom stereocenters. The second kappa shape index (κ2) is 12.3. The summed E-state index contributed by atoms with van der Waals surface area (Å²) in [5.41, 5.74) is 1.07. The number of halogens is 1. The number of methoxy groups -OCH3 is 1. The lowest BCUT2D eigenvalue weighted by molar-refractivity contribution is 0.0345. The number of aliphatic imine (C=N–C) groups is 1. The van der Waals surface area contributed by atoms with Gasteiger partial charge in [-0.05, 0) is 43.4 Å². The van der Waals surface area contributed by atoms with Crippen molar-refractivity contribution in [1.82, 2.24) is 10.6 Å². The SMILES string of the molecule is CCNC(=NCc1cccc(OC)c1)NCC(O)COCC1CC1.I. The van der Waals surface area contributed by atoms with E-state index in [-0.39, 0.29) is 24.0 Å². The fourth-order valence-corrected chi connectivity index (χ4v) is 2.21. The van der Waals surface area contributed by atoms with Crippen LogP contribution in [0.4, 0.5) is 0 Å². The van der Waals surface area contributed by atoms with Crippen molar-refractivity contribution in [1.29, 1.82) is 0 Å². The van der Waals surface area contributed by atoms with Crippen molar-refractivity contribution < 1.29 is 14.6 Å². The Hall–Kier alpha value is -1.06. The molecule has 1 aliphatic carbocycles. The average molecular weight is 463 g/mol. The summed E-state index contributed by atoms with van der Waals surface area (Å²) in [6, 6.07) is 7.84. The molecule has 1 aliphatic rings. The standard InChI is InChI=1S/C18H29N3O3.HI/c1-3-19-18(20-10-15-5-4-6-17(9-15)23-2)21-11-16(22)13-24-12-14-7-8-14;/h4-6,9,14,16,22H,3,7-8,10-13H2,1-2H3,(H2,19,20,21);1H. The third-order valence-electron chi connectivity index (χ3n) is 3.76. The van der Waals surface area contributed by atoms with E-state index in [0.717, 1.165) is 24.5 Å². The first-order valence-electron chi connectivity index (χ1n) is 8.62. The third kappa shape index (κ3) is 9.27. The molecule has 0 heterocycles. The van der Waals surface area contributed by atoms with E-state index < -0.39 is 6.10 Å². The van der Waals surface area contributed by atoms with E-state index in [4.69, 9.17) is 9.47 Å². The molecule has 0 aliphatic heterocycles. The lowest BCUT2D eigenvalue weighted by atomic mass is 10.2. The van der Waals surface area contributed by atoms with Gasteiger partial charge in [-0.2, -0.15) is 0 Å². The van der Waals surface area contributed by atoms with E-state index in [1.807, 2.05) is 31.2 Å². The number of aliphatic hydroxyl groups is 1. The molecule has 2 rings (SSSR count). The molecule has 0 spiro atoms. The van der Waals surface area contributed by atoms with Crippen molar-refractivity contribution in [2.45, 2.75) is 32.4 Å². The molecule has 1 fully saturated rings. The van der Waals surface area contributed by atoms with Gasteiger partial charge in [-0.1, -0.05) is 12.1 Å². The van der Waals surface area contributed by atoms with Crippen LogP contribution in [0.1, 0.15) is 25.3 Å². The first-order chi connectivity index (χ1) is 11.7. The predicted octanol–water partition coefficient (Wildman–Crippen LogP) is 2.16. The molecule has 142 valence electrons. The number of nitrogens with zero attached hydrogens (tertiary/aromatic N) is 1. The van der Waals surface area contributed by atoms with Crippen molar-refractivity contribution in [3.8, 4) is 5.75 Å². The van der Waals surface area contributed by atoms with Gasteiger partial charge in [-0.15, -0.1) is 24.0 Å². The van der Waals surface area contributed by atoms with Crippen LogP contribution in [0, 0.1) is 5.92 Å². The van der Waals surface area contributed by atoms with Gasteiger partial charge in [0, 0.05) is 19.7 Å². The van der Waals surface area contributed by atoms with Crippen molar-refractivity contribution in [2.24, 2.45) is 10.9 Å². The minimum absolute atomic E-state index is 0. The zero-order valence-corrected chi connectivity index (χ0v) is 17.4. The molecule has 0 aromatic heterocycles. The van der Waals surface area contributed by atoms with Gasteiger partial charge in [0.05, 0.1) is 26.4 Å². The van der Waals surface area contributed by atoms with Crippen molar-refractivity contribution in [3.05, 3.63) is 29.8 Å². The van der Waals surface area contributed by atoms with Crippen molar-refractivity contribution in [2.75, 3.05) is 33.4 Å². The summed E-state index contributed by atoms with van der Waals surface area (Å²) in [7, 11) is 1.65. The number of hydrogen-bond acceptors (Lipinski definition) is 4. The van der Waals surface area contributed by atoms with E-state index in [2.05, 4.69) is 15.6 Å². The molecule has 1 aromatic rings. The van der Waals surface area contributed by atoms with Crippen LogP contribution >= 0.6 is 24.0 Å². The third-order valence-corrected chi connectivity index (χ3v) is 3.76. The van der Waals surface area contributed by atoms with E-state index in [0.29, 0.717) is 31.6 Å². The molecule has 0 amide bonds. The highest BCUT2D eigenvalue weighted by Gasteiger charge is 2.21. The molecule has 7 heteroatoms. The van der Waals surface area contributed by atoms with Crippen LogP contribution < -0.4 is 15.4 Å². The zero-order chi connectivity index (χ0) is 17.2. The second-order valence-corrected chi connectivity index (χ2v) is 6.06. The minimum atomic E-state index is -0.538. The van der Waals surface area contributed by atoms with Gasteiger partial charge >= 0.3 is 0 Å². The van der Waals surface area contributed by atoms with E-state index in [1.165, 1.54) is 12.8 Å². The summed E-state index contributed by atoms with van der Waals surface area (Å²) in [5.74, 6) is 2.22. The maximum Gasteiger partial charge on any atom is 0.191 e. The van der Waals surface area contributed by atoms with Gasteiger partial charge in [-0.25, -0.2) is 4.99 Å². The zero-order valence-electron chi connectivity index (χ0n) is 15.0. The number of nitrogens with one attached hydrogen (secondary N) is 2. The molecule has 25 heavy (non-hydrogen) atoms. The Balaban J connectivity index is 0.00000312. The Labute approximate surface area is 167 Å². The highest BCUT2D eigenvalue weighted by atomic mass is 127. The molecule has 1 saturated carbocycles. The minimum Gasteiger partial charge on any atom is -0.497 e. The Morgan fingerprint density at radius 1 is 1.36 bits per heavy atom. The van der Waals surface area contributed by atoms with Gasteiger partial charge < -0.3 is 25.2 Å². The van der Waals surface area contributed by atoms with E-state index in [1.54, 1.807) is 7.11 Å². The molecule has 1 aromatic carbocycles. The Kier molecular flexibility index (Phi) is 10.8. The summed E-state index contributed by atoms with van der Waals surface area (Å²) in [4.78, 5) is 4.54. The number of rotatable bonds is 10. The number of benzene rings is 1. The lowest BCUT2D eigenvalue weighted by Gasteiger charge is -2.15. The Morgan fingerprint density at radius 2 is 2.16 bits per heavy atom. The monoisotopic (exact) mass is 463 g/mol. The van der Waals surface area contributed by atoms with Crippen molar-refractivity contribution in [3.63, 3.8) is 0 Å². The summed E-state index contributed by atoms with van der Waals surface area (Å²) in [6.07, 6.45) is 1.98. The largest absolute Gasteiger partial charge is 0.497 e. The number of aliphatic hydroxyl groups excluding tert-OH is 1. The number of ether oxygens (including phenoxy) is 2. The normalized spacial score (nSPS) is 15.2. The molecule has 3 N–H and O–H groups in total. The first kappa shape index (κ1) is 22.0. The van der Waals surface area contributed by atoms with Crippen LogP contribution in [0.5, 0.6) is 5.75 Å². The molecule has 0 radical (unpaired) electrons. The summed E-state index contributed by atoms with van der Waals surface area (Å²) < 4.78 is 10.7. The Morgan fingerprint density at radius 3 is 2.84 bits per heavy atom. The summed E-state index contributed by atoms with van der Waals surface area (Å²) >= 11 is 0. The summed E-state index contributed by atoms with van der Waals surface area (Å²) in [6.45, 7) is 4.85. The van der Waals surface area contributed by atoms with Crippen LogP contribution in [0.2, 0.25) is 0 Å². The van der Waals surface area contributed by atoms with E-state index >= 15 is 0 Å². The quantitative estimate of drug-likeness (QED) is 0.282. The van der Waals surface area contributed by atoms with Gasteiger partial charge in [-0.3, -0.25) is 0 Å². The van der Waals surface area contributed by atoms with Gasteiger partial charge in [0.25, 0.3) is 0 Å². The number of hydrogen-bond donors (Lipinski definition) is 3. The van der Waals surface area contributed by atoms with Gasteiger partial charge in [0.15, 0.2) is 5.96 Å². The van der Waals surface area contributed by atoms with Gasteiger partial charge in [0.1, 0.15) is 5.75 Å². The maximum atomic E-state index is 9.97. The molecule has 0 saturated heterocycles. The highest BCUT2D eigenvalue weighted by molar-refractivity contribution is 14.0. The smallest absolute Gasteiger partial charge is 0.191 e. The van der Waals surface area contributed by atoms with Crippen LogP contribution in [0.15, 0.2) is 29.3 Å². The topological polar surface area (TPSA) is 75.1 Å². The Bertz CT molecular complexity index is 524. The molecular weight excluding hydrogens is 433 g/mol. The van der Waals surface area contributed by atoms with Gasteiger partial charge in [0.2, 0.25) is 0 Å². The molecule has 6 nitrogen and oxygen atoms in total.